The van der Waals surface area contributed by atoms with Gasteiger partial charge in [-0.2, -0.15) is 0 Å². The van der Waals surface area contributed by atoms with Crippen LogP contribution in [0.3, 0.4) is 0 Å². The average molecular weight is 187 g/mol. The van der Waals surface area contributed by atoms with Gasteiger partial charge in [-0.05, 0) is 18.9 Å². The molecule has 80 valence electrons. The zero-order valence-corrected chi connectivity index (χ0v) is 9.44. The third-order valence-corrected chi connectivity index (χ3v) is 2.36. The van der Waals surface area contributed by atoms with Crippen LogP contribution in [-0.4, -0.2) is 26.3 Å². The molecular formula is C11H25NO. The first-order valence-corrected chi connectivity index (χ1v) is 5.63. The number of rotatable bonds is 9. The third kappa shape index (κ3) is 8.26. The van der Waals surface area contributed by atoms with Gasteiger partial charge in [0.2, 0.25) is 0 Å². The molecule has 0 aliphatic heterocycles. The largest absolute Gasteiger partial charge is 0.380 e. The van der Waals surface area contributed by atoms with Crippen molar-refractivity contribution in [3.8, 4) is 0 Å². The van der Waals surface area contributed by atoms with Crippen molar-refractivity contribution in [3.05, 3.63) is 0 Å². The Hall–Kier alpha value is -0.0800. The van der Waals surface area contributed by atoms with E-state index in [4.69, 9.17) is 4.74 Å². The molecule has 0 amide bonds. The first-order valence-electron chi connectivity index (χ1n) is 5.63. The lowest BCUT2D eigenvalue weighted by atomic mass is 10.1. The third-order valence-electron chi connectivity index (χ3n) is 2.36. The van der Waals surface area contributed by atoms with Crippen molar-refractivity contribution >= 4 is 0 Å². The number of ether oxygens (including phenoxy) is 1. The maximum Gasteiger partial charge on any atom is 0.0591 e. The Bertz CT molecular complexity index is 92.1. The molecule has 0 saturated carbocycles. The van der Waals surface area contributed by atoms with Crippen molar-refractivity contribution < 1.29 is 4.74 Å². The Balaban J connectivity index is 3.05. The summed E-state index contributed by atoms with van der Waals surface area (Å²) >= 11 is 0. The minimum atomic E-state index is 0.756. The van der Waals surface area contributed by atoms with Crippen LogP contribution in [0.25, 0.3) is 0 Å². The lowest BCUT2D eigenvalue weighted by molar-refractivity contribution is 0.0983. The number of nitrogens with one attached hydrogen (secondary N) is 1. The molecule has 0 aromatic carbocycles. The Kier molecular flexibility index (Phi) is 9.94. The van der Waals surface area contributed by atoms with E-state index in [1.807, 2.05) is 0 Å². The predicted octanol–water partition coefficient (Wildman–Crippen LogP) is 2.44. The molecule has 0 aliphatic rings. The van der Waals surface area contributed by atoms with E-state index in [1.165, 1.54) is 19.3 Å². The lowest BCUT2D eigenvalue weighted by Crippen LogP contribution is -2.21. The number of hydrogen-bond acceptors (Lipinski definition) is 2. The monoisotopic (exact) mass is 187 g/mol. The van der Waals surface area contributed by atoms with E-state index >= 15 is 0 Å². The molecule has 0 unspecified atom stereocenters. The van der Waals surface area contributed by atoms with E-state index in [-0.39, 0.29) is 0 Å². The van der Waals surface area contributed by atoms with Crippen LogP contribution in [0.4, 0.5) is 0 Å². The molecule has 0 aliphatic carbocycles. The lowest BCUT2D eigenvalue weighted by Gasteiger charge is -2.12. The molecule has 2 heteroatoms. The fraction of sp³-hybridized carbons (Fsp3) is 1.00. The zero-order valence-electron chi connectivity index (χ0n) is 9.44. The average Bonchev–Trinajstić information content (AvgIpc) is 2.17. The SMILES string of the molecule is CCCNCCOCC(CC)CC. The quantitative estimate of drug-likeness (QED) is 0.560. The van der Waals surface area contributed by atoms with Crippen LogP contribution in [0.1, 0.15) is 40.0 Å². The van der Waals surface area contributed by atoms with Gasteiger partial charge in [-0.1, -0.05) is 33.6 Å². The molecule has 0 bridgehead atoms. The van der Waals surface area contributed by atoms with Crippen LogP contribution in [0.15, 0.2) is 0 Å². The van der Waals surface area contributed by atoms with Gasteiger partial charge in [-0.25, -0.2) is 0 Å². The van der Waals surface area contributed by atoms with Crippen LogP contribution in [0, 0.1) is 5.92 Å². The van der Waals surface area contributed by atoms with E-state index in [0.29, 0.717) is 0 Å². The Morgan fingerprint density at radius 1 is 1.08 bits per heavy atom. The molecule has 0 spiro atoms. The van der Waals surface area contributed by atoms with Gasteiger partial charge in [0.25, 0.3) is 0 Å². The molecule has 0 saturated heterocycles. The summed E-state index contributed by atoms with van der Waals surface area (Å²) in [5.41, 5.74) is 0. The molecule has 0 aromatic rings. The molecule has 0 fully saturated rings. The summed E-state index contributed by atoms with van der Waals surface area (Å²) in [7, 11) is 0. The summed E-state index contributed by atoms with van der Waals surface area (Å²) in [5, 5.41) is 3.32. The van der Waals surface area contributed by atoms with Crippen LogP contribution in [0.2, 0.25) is 0 Å². The van der Waals surface area contributed by atoms with Gasteiger partial charge in [0.05, 0.1) is 6.61 Å². The molecular weight excluding hydrogens is 162 g/mol. The molecule has 0 aromatic heterocycles. The maximum absolute atomic E-state index is 5.56. The smallest absolute Gasteiger partial charge is 0.0591 e. The molecule has 0 heterocycles. The highest BCUT2D eigenvalue weighted by atomic mass is 16.5. The number of hydrogen-bond donors (Lipinski definition) is 1. The summed E-state index contributed by atoms with van der Waals surface area (Å²) in [6.45, 7) is 10.5. The summed E-state index contributed by atoms with van der Waals surface area (Å²) in [6.07, 6.45) is 3.67. The summed E-state index contributed by atoms with van der Waals surface area (Å²) in [4.78, 5) is 0. The maximum atomic E-state index is 5.56. The highest BCUT2D eigenvalue weighted by Gasteiger charge is 2.01. The van der Waals surface area contributed by atoms with E-state index in [9.17, 15) is 0 Å². The first-order chi connectivity index (χ1) is 6.35. The van der Waals surface area contributed by atoms with Gasteiger partial charge >= 0.3 is 0 Å². The molecule has 13 heavy (non-hydrogen) atoms. The Morgan fingerprint density at radius 2 is 1.77 bits per heavy atom. The van der Waals surface area contributed by atoms with Crippen molar-refractivity contribution in [1.82, 2.24) is 5.32 Å². The molecule has 2 nitrogen and oxygen atoms in total. The van der Waals surface area contributed by atoms with Gasteiger partial charge in [-0.15, -0.1) is 0 Å². The van der Waals surface area contributed by atoms with E-state index in [1.54, 1.807) is 0 Å². The van der Waals surface area contributed by atoms with Gasteiger partial charge < -0.3 is 10.1 Å². The molecule has 0 atom stereocenters. The van der Waals surface area contributed by atoms with Crippen LogP contribution < -0.4 is 5.32 Å². The minimum absolute atomic E-state index is 0.756. The van der Waals surface area contributed by atoms with E-state index in [2.05, 4.69) is 26.1 Å². The molecule has 0 radical (unpaired) electrons. The second-order valence-corrected chi connectivity index (χ2v) is 3.51. The second-order valence-electron chi connectivity index (χ2n) is 3.51. The normalized spacial score (nSPS) is 11.1. The second kappa shape index (κ2) is 10.0. The van der Waals surface area contributed by atoms with E-state index in [0.717, 1.165) is 32.2 Å². The highest BCUT2D eigenvalue weighted by Crippen LogP contribution is 2.06. The standard InChI is InChI=1S/C11H25NO/c1-4-7-12-8-9-13-10-11(5-2)6-3/h11-12H,4-10H2,1-3H3. The van der Waals surface area contributed by atoms with Gasteiger partial charge in [-0.3, -0.25) is 0 Å². The van der Waals surface area contributed by atoms with Crippen LogP contribution in [0.5, 0.6) is 0 Å². The fourth-order valence-corrected chi connectivity index (χ4v) is 1.22. The Labute approximate surface area is 83.1 Å². The topological polar surface area (TPSA) is 21.3 Å². The van der Waals surface area contributed by atoms with E-state index < -0.39 is 0 Å². The van der Waals surface area contributed by atoms with Crippen molar-refractivity contribution in [3.63, 3.8) is 0 Å². The van der Waals surface area contributed by atoms with Crippen molar-refractivity contribution in [2.75, 3.05) is 26.3 Å². The van der Waals surface area contributed by atoms with Gasteiger partial charge in [0, 0.05) is 13.2 Å². The molecule has 0 rings (SSSR count). The van der Waals surface area contributed by atoms with Gasteiger partial charge in [0.15, 0.2) is 0 Å². The minimum Gasteiger partial charge on any atom is -0.380 e. The van der Waals surface area contributed by atoms with Crippen molar-refractivity contribution in [2.24, 2.45) is 5.92 Å². The Morgan fingerprint density at radius 3 is 2.31 bits per heavy atom. The first kappa shape index (κ1) is 12.9. The summed E-state index contributed by atoms with van der Waals surface area (Å²) in [5.74, 6) is 0.756. The molecule has 1 N–H and O–H groups in total. The summed E-state index contributed by atoms with van der Waals surface area (Å²) < 4.78 is 5.56. The predicted molar refractivity (Wildman–Crippen MR) is 58.1 cm³/mol. The zero-order chi connectivity index (χ0) is 9.94. The van der Waals surface area contributed by atoms with Gasteiger partial charge in [0.1, 0.15) is 0 Å². The van der Waals surface area contributed by atoms with Crippen molar-refractivity contribution in [2.45, 2.75) is 40.0 Å². The highest BCUT2D eigenvalue weighted by molar-refractivity contribution is 4.52. The van der Waals surface area contributed by atoms with Crippen molar-refractivity contribution in [1.29, 1.82) is 0 Å². The summed E-state index contributed by atoms with van der Waals surface area (Å²) in [6, 6.07) is 0. The fourth-order valence-electron chi connectivity index (χ4n) is 1.22. The van der Waals surface area contributed by atoms with Crippen LogP contribution in [-0.2, 0) is 4.74 Å². The van der Waals surface area contributed by atoms with Crippen LogP contribution >= 0.6 is 0 Å².